The van der Waals surface area contributed by atoms with Crippen LogP contribution >= 0.6 is 35.3 Å². The molecule has 0 spiro atoms. The smallest absolute Gasteiger partial charge is 0.146 e. The lowest BCUT2D eigenvalue weighted by atomic mass is 10.2. The molecule has 0 radical (unpaired) electrons. The molecule has 0 aliphatic heterocycles. The van der Waals surface area contributed by atoms with E-state index in [-0.39, 0.29) is 0 Å². The third kappa shape index (κ3) is 10.1. The quantitative estimate of drug-likeness (QED) is 0.161. The molecule has 162 valence electrons. The molecule has 3 rings (SSSR count). The van der Waals surface area contributed by atoms with Gasteiger partial charge in [0.05, 0.1) is 16.4 Å². The average molecular weight is 475 g/mol. The summed E-state index contributed by atoms with van der Waals surface area (Å²) in [5.74, 6) is 2.51. The number of hydrogen-bond donors (Lipinski definition) is 0. The second-order valence-electron chi connectivity index (χ2n) is 6.32. The van der Waals surface area contributed by atoms with Crippen molar-refractivity contribution >= 4 is 56.7 Å². The van der Waals surface area contributed by atoms with Crippen molar-refractivity contribution in [2.45, 2.75) is 11.8 Å². The van der Waals surface area contributed by atoms with Gasteiger partial charge < -0.3 is 0 Å². The molecule has 0 N–H and O–H groups in total. The van der Waals surface area contributed by atoms with Crippen LogP contribution in [0, 0.1) is 19.3 Å². The first-order chi connectivity index (χ1) is 15.6. The van der Waals surface area contributed by atoms with Gasteiger partial charge in [-0.1, -0.05) is 65.9 Å². The summed E-state index contributed by atoms with van der Waals surface area (Å²) in [6.07, 6.45) is 11.2. The summed E-state index contributed by atoms with van der Waals surface area (Å²) < 4.78 is 0. The van der Waals surface area contributed by atoms with Crippen LogP contribution in [0.5, 0.6) is 0 Å². The van der Waals surface area contributed by atoms with Gasteiger partial charge in [0.25, 0.3) is 0 Å². The Labute approximate surface area is 204 Å². The maximum atomic E-state index is 5.23. The predicted octanol–water partition coefficient (Wildman–Crippen LogP) is 8.41. The van der Waals surface area contributed by atoms with E-state index < -0.39 is 0 Å². The minimum absolute atomic E-state index is 0.709. The molecule has 0 amide bonds. The van der Waals surface area contributed by atoms with Crippen LogP contribution in [0.15, 0.2) is 111 Å². The third-order valence-corrected chi connectivity index (χ3v) is 6.00. The number of aliphatic imine (C=N–C) groups is 2. The van der Waals surface area contributed by atoms with E-state index in [1.807, 2.05) is 73.2 Å². The number of benzene rings is 3. The van der Waals surface area contributed by atoms with Gasteiger partial charge in [0.1, 0.15) is 5.04 Å². The Kier molecular flexibility index (Phi) is 12.2. The second-order valence-corrected chi connectivity index (χ2v) is 8.93. The molecule has 5 heteroatoms. The fourth-order valence-electron chi connectivity index (χ4n) is 2.32. The molecule has 0 aliphatic rings. The highest BCUT2D eigenvalue weighted by atomic mass is 32.2. The molecule has 0 atom stereocenters. The molecular formula is C27H26N2S3. The number of hydrogen-bond acceptors (Lipinski definition) is 5. The molecule has 0 saturated heterocycles. The first-order valence-corrected chi connectivity index (χ1v) is 13.2. The van der Waals surface area contributed by atoms with Gasteiger partial charge in [-0.3, -0.25) is 0 Å². The van der Waals surface area contributed by atoms with Crippen molar-refractivity contribution in [1.29, 1.82) is 0 Å². The topological polar surface area (TPSA) is 24.7 Å². The van der Waals surface area contributed by atoms with Crippen LogP contribution in [0.4, 0.5) is 11.4 Å². The second kappa shape index (κ2) is 15.2. The van der Waals surface area contributed by atoms with Gasteiger partial charge in [0, 0.05) is 4.90 Å². The Morgan fingerprint density at radius 3 is 1.84 bits per heavy atom. The summed E-state index contributed by atoms with van der Waals surface area (Å²) in [7, 11) is 0. The lowest BCUT2D eigenvalue weighted by Gasteiger charge is -1.99. The minimum atomic E-state index is 0.709. The van der Waals surface area contributed by atoms with E-state index in [4.69, 9.17) is 6.42 Å². The van der Waals surface area contributed by atoms with E-state index in [1.165, 1.54) is 22.2 Å². The number of rotatable bonds is 5. The molecule has 0 bridgehead atoms. The summed E-state index contributed by atoms with van der Waals surface area (Å²) in [6.45, 7) is 2.10. The summed E-state index contributed by atoms with van der Waals surface area (Å²) in [6, 6.07) is 28.2. The summed E-state index contributed by atoms with van der Waals surface area (Å²) >= 11 is 4.84. The predicted molar refractivity (Wildman–Crippen MR) is 149 cm³/mol. The van der Waals surface area contributed by atoms with Gasteiger partial charge in [-0.2, -0.15) is 0 Å². The number of aryl methyl sites for hydroxylation is 1. The summed E-state index contributed by atoms with van der Waals surface area (Å²) in [4.78, 5) is 10.1. The number of nitrogens with zero attached hydrogens (tertiary/aromatic N) is 2. The highest BCUT2D eigenvalue weighted by molar-refractivity contribution is 8.14. The van der Waals surface area contributed by atoms with Crippen LogP contribution < -0.4 is 0 Å². The molecule has 2 nitrogen and oxygen atoms in total. The van der Waals surface area contributed by atoms with E-state index in [9.17, 15) is 0 Å². The molecular weight excluding hydrogens is 449 g/mol. The van der Waals surface area contributed by atoms with E-state index in [0.717, 1.165) is 16.4 Å². The summed E-state index contributed by atoms with van der Waals surface area (Å²) in [5.41, 5.74) is 3.18. The van der Waals surface area contributed by atoms with Crippen LogP contribution in [-0.4, -0.2) is 22.6 Å². The molecule has 0 saturated carbocycles. The first kappa shape index (κ1) is 25.6. The highest BCUT2D eigenvalue weighted by Gasteiger charge is 1.94. The van der Waals surface area contributed by atoms with Crippen molar-refractivity contribution < 1.29 is 0 Å². The van der Waals surface area contributed by atoms with Crippen LogP contribution in [0.1, 0.15) is 5.56 Å². The van der Waals surface area contributed by atoms with Gasteiger partial charge in [-0.05, 0) is 73.2 Å². The Balaban J connectivity index is 0.000000258. The van der Waals surface area contributed by atoms with Crippen molar-refractivity contribution in [1.82, 2.24) is 0 Å². The number of terminal acetylenes is 1. The van der Waals surface area contributed by atoms with Crippen LogP contribution in [0.25, 0.3) is 0 Å². The lowest BCUT2D eigenvalue weighted by molar-refractivity contribution is 1.38. The van der Waals surface area contributed by atoms with Crippen molar-refractivity contribution in [2.75, 3.05) is 12.5 Å². The van der Waals surface area contributed by atoms with Crippen LogP contribution in [-0.2, 0) is 0 Å². The Morgan fingerprint density at radius 1 is 0.781 bits per heavy atom. The molecule has 0 aliphatic carbocycles. The average Bonchev–Trinajstić information content (AvgIpc) is 2.85. The van der Waals surface area contributed by atoms with Gasteiger partial charge in [0.2, 0.25) is 0 Å². The molecule has 3 aromatic carbocycles. The lowest BCUT2D eigenvalue weighted by Crippen LogP contribution is -1.83. The summed E-state index contributed by atoms with van der Waals surface area (Å²) in [5, 5.41) is 3.81. The molecule has 3 aromatic rings. The van der Waals surface area contributed by atoms with Crippen LogP contribution in [0.3, 0.4) is 0 Å². The van der Waals surface area contributed by atoms with Crippen molar-refractivity contribution in [3.8, 4) is 12.3 Å². The maximum absolute atomic E-state index is 5.23. The molecule has 32 heavy (non-hydrogen) atoms. The standard InChI is InChI=1S/C17H17NS2.C10H9NS/c1-14-8-10-16(11-9-14)20-13-12-17(19-2)18-15-6-4-3-5-7-15;1-3-10(12-2)11-9-7-5-4-6-8-9/h3-13H,1-2H3;1,4-8H,2H3. The molecule has 0 unspecified atom stereocenters. The van der Waals surface area contributed by atoms with Gasteiger partial charge in [-0.25, -0.2) is 9.98 Å². The number of para-hydroxylation sites is 2. The Bertz CT molecular complexity index is 1070. The zero-order valence-corrected chi connectivity index (χ0v) is 20.9. The van der Waals surface area contributed by atoms with Crippen molar-refractivity contribution in [3.63, 3.8) is 0 Å². The van der Waals surface area contributed by atoms with Crippen molar-refractivity contribution in [2.24, 2.45) is 9.98 Å². The van der Waals surface area contributed by atoms with E-state index in [1.54, 1.807) is 23.5 Å². The maximum Gasteiger partial charge on any atom is 0.146 e. The first-order valence-electron chi connectivity index (χ1n) is 9.86. The monoisotopic (exact) mass is 474 g/mol. The fourth-order valence-corrected chi connectivity index (χ4v) is 3.77. The third-order valence-electron chi connectivity index (χ3n) is 3.94. The Morgan fingerprint density at radius 2 is 1.34 bits per heavy atom. The zero-order chi connectivity index (χ0) is 23.0. The van der Waals surface area contributed by atoms with Crippen molar-refractivity contribution in [3.05, 3.63) is 102 Å². The highest BCUT2D eigenvalue weighted by Crippen LogP contribution is 2.21. The van der Waals surface area contributed by atoms with E-state index in [2.05, 4.69) is 58.6 Å². The minimum Gasteiger partial charge on any atom is -0.242 e. The van der Waals surface area contributed by atoms with Gasteiger partial charge in [-0.15, -0.1) is 29.9 Å². The van der Waals surface area contributed by atoms with Gasteiger partial charge >= 0.3 is 0 Å². The number of thioether (sulfide) groups is 3. The Hall–Kier alpha value is -2.65. The van der Waals surface area contributed by atoms with E-state index >= 15 is 0 Å². The van der Waals surface area contributed by atoms with Crippen LogP contribution in [0.2, 0.25) is 0 Å². The molecule has 0 fully saturated rings. The normalized spacial score (nSPS) is 11.6. The zero-order valence-electron chi connectivity index (χ0n) is 18.4. The van der Waals surface area contributed by atoms with E-state index in [0.29, 0.717) is 5.04 Å². The molecule has 0 aromatic heterocycles. The van der Waals surface area contributed by atoms with Gasteiger partial charge in [0.15, 0.2) is 0 Å². The fraction of sp³-hybridized carbons (Fsp3) is 0.111. The largest absolute Gasteiger partial charge is 0.242 e. The molecule has 0 heterocycles. The SMILES string of the molecule is C#CC(=Nc1ccccc1)SC.CSC(C=CSc1ccc(C)cc1)=Nc1ccccc1.